The summed E-state index contributed by atoms with van der Waals surface area (Å²) in [5.41, 5.74) is 7.32. The van der Waals surface area contributed by atoms with E-state index in [1.54, 1.807) is 0 Å². The molecule has 2 N–H and O–H groups in total. The van der Waals surface area contributed by atoms with Gasteiger partial charge < -0.3 is 10.5 Å². The SMILES string of the molecule is CCOc1ccc([C@H](N)C2CC2)cc1. The minimum absolute atomic E-state index is 0.227. The van der Waals surface area contributed by atoms with E-state index in [-0.39, 0.29) is 6.04 Å². The van der Waals surface area contributed by atoms with E-state index >= 15 is 0 Å². The van der Waals surface area contributed by atoms with Gasteiger partial charge in [-0.2, -0.15) is 0 Å². The first-order valence-corrected chi connectivity index (χ1v) is 5.29. The Labute approximate surface area is 85.1 Å². The largest absolute Gasteiger partial charge is 0.494 e. The third-order valence-electron chi connectivity index (χ3n) is 2.71. The van der Waals surface area contributed by atoms with Crippen LogP contribution in [0, 0.1) is 5.92 Å². The highest BCUT2D eigenvalue weighted by atomic mass is 16.5. The molecule has 0 radical (unpaired) electrons. The average molecular weight is 191 g/mol. The van der Waals surface area contributed by atoms with Crippen molar-refractivity contribution in [1.29, 1.82) is 0 Å². The molecule has 2 rings (SSSR count). The number of ether oxygens (including phenoxy) is 1. The fourth-order valence-corrected chi connectivity index (χ4v) is 1.68. The lowest BCUT2D eigenvalue weighted by molar-refractivity contribution is 0.340. The summed E-state index contributed by atoms with van der Waals surface area (Å²) in [5.74, 6) is 1.65. The van der Waals surface area contributed by atoms with Crippen LogP contribution in [0.2, 0.25) is 0 Å². The van der Waals surface area contributed by atoms with Gasteiger partial charge in [-0.3, -0.25) is 0 Å². The van der Waals surface area contributed by atoms with Crippen LogP contribution in [0.5, 0.6) is 5.75 Å². The van der Waals surface area contributed by atoms with Gasteiger partial charge in [0.2, 0.25) is 0 Å². The fourth-order valence-electron chi connectivity index (χ4n) is 1.68. The molecule has 0 saturated heterocycles. The second-order valence-corrected chi connectivity index (χ2v) is 3.87. The molecular weight excluding hydrogens is 174 g/mol. The Hall–Kier alpha value is -1.02. The minimum atomic E-state index is 0.227. The van der Waals surface area contributed by atoms with Gasteiger partial charge in [-0.25, -0.2) is 0 Å². The number of hydrogen-bond acceptors (Lipinski definition) is 2. The van der Waals surface area contributed by atoms with E-state index in [1.165, 1.54) is 18.4 Å². The van der Waals surface area contributed by atoms with E-state index in [1.807, 2.05) is 19.1 Å². The van der Waals surface area contributed by atoms with Crippen molar-refractivity contribution in [1.82, 2.24) is 0 Å². The maximum Gasteiger partial charge on any atom is 0.119 e. The summed E-state index contributed by atoms with van der Waals surface area (Å²) >= 11 is 0. The van der Waals surface area contributed by atoms with Crippen LogP contribution in [0.1, 0.15) is 31.4 Å². The summed E-state index contributed by atoms with van der Waals surface area (Å²) in [5, 5.41) is 0. The molecular formula is C12H17NO. The molecule has 0 unspecified atom stereocenters. The van der Waals surface area contributed by atoms with Crippen LogP contribution < -0.4 is 10.5 Å². The Bertz CT molecular complexity index is 290. The van der Waals surface area contributed by atoms with Crippen molar-refractivity contribution in [2.24, 2.45) is 11.7 Å². The van der Waals surface area contributed by atoms with Gasteiger partial charge in [-0.05, 0) is 43.4 Å². The van der Waals surface area contributed by atoms with Gasteiger partial charge in [0.05, 0.1) is 6.61 Å². The highest BCUT2D eigenvalue weighted by Gasteiger charge is 2.29. The molecule has 0 amide bonds. The first-order valence-electron chi connectivity index (χ1n) is 5.29. The quantitative estimate of drug-likeness (QED) is 0.793. The molecule has 14 heavy (non-hydrogen) atoms. The highest BCUT2D eigenvalue weighted by molar-refractivity contribution is 5.29. The summed E-state index contributed by atoms with van der Waals surface area (Å²) in [4.78, 5) is 0. The topological polar surface area (TPSA) is 35.2 Å². The molecule has 2 nitrogen and oxygen atoms in total. The monoisotopic (exact) mass is 191 g/mol. The standard InChI is InChI=1S/C12H17NO/c1-2-14-11-7-5-10(6-8-11)12(13)9-3-4-9/h5-9,12H,2-4,13H2,1H3/t12-/m1/s1. The number of nitrogens with two attached hydrogens (primary N) is 1. The lowest BCUT2D eigenvalue weighted by Crippen LogP contribution is -2.11. The van der Waals surface area contributed by atoms with E-state index < -0.39 is 0 Å². The summed E-state index contributed by atoms with van der Waals surface area (Å²) in [7, 11) is 0. The van der Waals surface area contributed by atoms with E-state index in [9.17, 15) is 0 Å². The molecule has 0 aromatic heterocycles. The Kier molecular flexibility index (Phi) is 2.73. The molecule has 1 atom stereocenters. The zero-order valence-corrected chi connectivity index (χ0v) is 8.57. The summed E-state index contributed by atoms with van der Waals surface area (Å²) < 4.78 is 5.38. The predicted octanol–water partition coefficient (Wildman–Crippen LogP) is 2.50. The van der Waals surface area contributed by atoms with Gasteiger partial charge in [0.15, 0.2) is 0 Å². The molecule has 0 bridgehead atoms. The first kappa shape index (κ1) is 9.53. The van der Waals surface area contributed by atoms with Crippen molar-refractivity contribution >= 4 is 0 Å². The lowest BCUT2D eigenvalue weighted by Gasteiger charge is -2.11. The molecule has 1 aliphatic rings. The number of hydrogen-bond donors (Lipinski definition) is 1. The molecule has 1 saturated carbocycles. The Morgan fingerprint density at radius 1 is 1.36 bits per heavy atom. The highest BCUT2D eigenvalue weighted by Crippen LogP contribution is 2.39. The van der Waals surface area contributed by atoms with Crippen molar-refractivity contribution in [2.45, 2.75) is 25.8 Å². The van der Waals surface area contributed by atoms with Gasteiger partial charge in [-0.15, -0.1) is 0 Å². The Morgan fingerprint density at radius 2 is 2.00 bits per heavy atom. The van der Waals surface area contributed by atoms with Crippen LogP contribution in [0.25, 0.3) is 0 Å². The fraction of sp³-hybridized carbons (Fsp3) is 0.500. The van der Waals surface area contributed by atoms with Crippen LogP contribution in [-0.4, -0.2) is 6.61 Å². The van der Waals surface area contributed by atoms with E-state index in [0.717, 1.165) is 5.75 Å². The van der Waals surface area contributed by atoms with Gasteiger partial charge in [0.1, 0.15) is 5.75 Å². The molecule has 0 spiro atoms. The normalized spacial score (nSPS) is 17.9. The van der Waals surface area contributed by atoms with E-state index in [2.05, 4.69) is 12.1 Å². The number of benzene rings is 1. The van der Waals surface area contributed by atoms with Crippen molar-refractivity contribution in [3.63, 3.8) is 0 Å². The van der Waals surface area contributed by atoms with Crippen LogP contribution in [0.4, 0.5) is 0 Å². The zero-order chi connectivity index (χ0) is 9.97. The third kappa shape index (κ3) is 2.07. The molecule has 1 aromatic carbocycles. The van der Waals surface area contributed by atoms with Crippen molar-refractivity contribution < 1.29 is 4.74 Å². The molecule has 1 aliphatic carbocycles. The smallest absolute Gasteiger partial charge is 0.119 e. The van der Waals surface area contributed by atoms with Crippen molar-refractivity contribution in [3.05, 3.63) is 29.8 Å². The number of rotatable bonds is 4. The van der Waals surface area contributed by atoms with E-state index in [0.29, 0.717) is 12.5 Å². The minimum Gasteiger partial charge on any atom is -0.494 e. The Morgan fingerprint density at radius 3 is 2.50 bits per heavy atom. The van der Waals surface area contributed by atoms with Gasteiger partial charge >= 0.3 is 0 Å². The Balaban J connectivity index is 2.04. The molecule has 76 valence electrons. The average Bonchev–Trinajstić information content (AvgIpc) is 3.02. The maximum absolute atomic E-state index is 6.08. The lowest BCUT2D eigenvalue weighted by atomic mass is 10.0. The predicted molar refractivity (Wildman–Crippen MR) is 57.3 cm³/mol. The molecule has 1 fully saturated rings. The van der Waals surface area contributed by atoms with Crippen LogP contribution >= 0.6 is 0 Å². The second kappa shape index (κ2) is 4.01. The summed E-state index contributed by atoms with van der Waals surface area (Å²) in [6.45, 7) is 2.71. The zero-order valence-electron chi connectivity index (χ0n) is 8.57. The van der Waals surface area contributed by atoms with Gasteiger partial charge in [-0.1, -0.05) is 12.1 Å². The van der Waals surface area contributed by atoms with Crippen LogP contribution in [0.15, 0.2) is 24.3 Å². The van der Waals surface area contributed by atoms with Crippen molar-refractivity contribution in [2.75, 3.05) is 6.61 Å². The second-order valence-electron chi connectivity index (χ2n) is 3.87. The summed E-state index contributed by atoms with van der Waals surface area (Å²) in [6.07, 6.45) is 2.57. The third-order valence-corrected chi connectivity index (χ3v) is 2.71. The van der Waals surface area contributed by atoms with Crippen LogP contribution in [-0.2, 0) is 0 Å². The van der Waals surface area contributed by atoms with E-state index in [4.69, 9.17) is 10.5 Å². The molecule has 0 aliphatic heterocycles. The molecule has 2 heteroatoms. The van der Waals surface area contributed by atoms with Gasteiger partial charge in [0.25, 0.3) is 0 Å². The van der Waals surface area contributed by atoms with Gasteiger partial charge in [0, 0.05) is 6.04 Å². The first-order chi connectivity index (χ1) is 6.81. The maximum atomic E-state index is 6.08. The van der Waals surface area contributed by atoms with Crippen molar-refractivity contribution in [3.8, 4) is 5.75 Å². The molecule has 0 heterocycles. The summed E-state index contributed by atoms with van der Waals surface area (Å²) in [6, 6.07) is 8.38. The van der Waals surface area contributed by atoms with Crippen LogP contribution in [0.3, 0.4) is 0 Å². The molecule has 1 aromatic rings.